The summed E-state index contributed by atoms with van der Waals surface area (Å²) in [6.45, 7) is 13.0. The molecule has 0 bridgehead atoms. The molecule has 0 spiro atoms. The molecule has 5 nitrogen and oxygen atoms in total. The number of rotatable bonds is 5. The number of amides is 1. The van der Waals surface area contributed by atoms with Crippen molar-refractivity contribution >= 4 is 11.9 Å². The highest BCUT2D eigenvalue weighted by atomic mass is 16.6. The maximum absolute atomic E-state index is 12.3. The Hall–Kier alpha value is -1.10. The van der Waals surface area contributed by atoms with Gasteiger partial charge in [0.1, 0.15) is 11.6 Å². The molecule has 1 fully saturated rings. The quantitative estimate of drug-likeness (QED) is 0.788. The molecule has 1 aliphatic rings. The van der Waals surface area contributed by atoms with Crippen molar-refractivity contribution in [3.8, 4) is 0 Å². The number of esters is 1. The Labute approximate surface area is 128 Å². The summed E-state index contributed by atoms with van der Waals surface area (Å²) in [5.41, 5.74) is -0.492. The van der Waals surface area contributed by atoms with E-state index in [9.17, 15) is 9.59 Å². The second kappa shape index (κ2) is 7.25. The minimum Gasteiger partial charge on any atom is -0.459 e. The van der Waals surface area contributed by atoms with Crippen LogP contribution >= 0.6 is 0 Å². The standard InChI is InChI=1S/C16H30N2O3/c1-11(2)10-17-14(19)12(3)18-9-7-8-13(18)15(20)21-16(4,5)6/h11-13H,7-10H2,1-6H3,(H,17,19)/t12?,13-/m0/s1. The zero-order valence-electron chi connectivity index (χ0n) is 14.2. The Morgan fingerprint density at radius 1 is 1.29 bits per heavy atom. The van der Waals surface area contributed by atoms with Gasteiger partial charge in [-0.1, -0.05) is 13.8 Å². The van der Waals surface area contributed by atoms with E-state index in [1.165, 1.54) is 0 Å². The Morgan fingerprint density at radius 2 is 1.90 bits per heavy atom. The van der Waals surface area contributed by atoms with Crippen LogP contribution in [0.25, 0.3) is 0 Å². The van der Waals surface area contributed by atoms with Crippen molar-refractivity contribution in [2.45, 2.75) is 72.1 Å². The van der Waals surface area contributed by atoms with Crippen molar-refractivity contribution in [2.24, 2.45) is 5.92 Å². The molecule has 0 aromatic heterocycles. The van der Waals surface area contributed by atoms with Gasteiger partial charge in [0.15, 0.2) is 0 Å². The Bertz CT molecular complexity index is 374. The molecule has 122 valence electrons. The number of nitrogens with one attached hydrogen (secondary N) is 1. The second-order valence-electron chi connectivity index (χ2n) is 7.24. The molecular weight excluding hydrogens is 268 g/mol. The maximum atomic E-state index is 12.3. The zero-order valence-corrected chi connectivity index (χ0v) is 14.2. The third-order valence-corrected chi connectivity index (χ3v) is 3.53. The van der Waals surface area contributed by atoms with Crippen molar-refractivity contribution in [1.82, 2.24) is 10.2 Å². The van der Waals surface area contributed by atoms with Crippen LogP contribution in [-0.4, -0.2) is 47.6 Å². The average molecular weight is 298 g/mol. The topological polar surface area (TPSA) is 58.6 Å². The first-order valence-electron chi connectivity index (χ1n) is 7.88. The highest BCUT2D eigenvalue weighted by Crippen LogP contribution is 2.23. The first kappa shape index (κ1) is 18.0. The molecule has 1 heterocycles. The monoisotopic (exact) mass is 298 g/mol. The van der Waals surface area contributed by atoms with Crippen molar-refractivity contribution in [1.29, 1.82) is 0 Å². The van der Waals surface area contributed by atoms with E-state index in [1.54, 1.807) is 0 Å². The Kier molecular flexibility index (Phi) is 6.20. The molecule has 21 heavy (non-hydrogen) atoms. The van der Waals surface area contributed by atoms with Gasteiger partial charge >= 0.3 is 5.97 Å². The molecule has 1 rings (SSSR count). The number of ether oxygens (including phenoxy) is 1. The molecular formula is C16H30N2O3. The van der Waals surface area contributed by atoms with E-state index in [1.807, 2.05) is 32.6 Å². The Balaban J connectivity index is 2.63. The molecule has 0 aromatic carbocycles. The largest absolute Gasteiger partial charge is 0.459 e. The lowest BCUT2D eigenvalue weighted by molar-refractivity contribution is -0.161. The third-order valence-electron chi connectivity index (χ3n) is 3.53. The van der Waals surface area contributed by atoms with Gasteiger partial charge in [-0.25, -0.2) is 0 Å². The number of likely N-dealkylation sites (tertiary alicyclic amines) is 1. The van der Waals surface area contributed by atoms with Gasteiger partial charge in [-0.05, 0) is 53.0 Å². The van der Waals surface area contributed by atoms with E-state index in [0.29, 0.717) is 12.5 Å². The van der Waals surface area contributed by atoms with Crippen LogP contribution in [0.4, 0.5) is 0 Å². The van der Waals surface area contributed by atoms with Crippen molar-refractivity contribution in [2.75, 3.05) is 13.1 Å². The van der Waals surface area contributed by atoms with Crippen LogP contribution in [-0.2, 0) is 14.3 Å². The maximum Gasteiger partial charge on any atom is 0.323 e. The normalized spacial score (nSPS) is 21.4. The van der Waals surface area contributed by atoms with Crippen molar-refractivity contribution < 1.29 is 14.3 Å². The van der Waals surface area contributed by atoms with Gasteiger partial charge in [0, 0.05) is 6.54 Å². The molecule has 1 N–H and O–H groups in total. The number of carbonyl (C=O) groups excluding carboxylic acids is 2. The fraction of sp³-hybridized carbons (Fsp3) is 0.875. The van der Waals surface area contributed by atoms with Crippen molar-refractivity contribution in [3.63, 3.8) is 0 Å². The van der Waals surface area contributed by atoms with Crippen LogP contribution < -0.4 is 5.32 Å². The van der Waals surface area contributed by atoms with Gasteiger partial charge in [0.2, 0.25) is 5.91 Å². The van der Waals surface area contributed by atoms with E-state index in [-0.39, 0.29) is 24.0 Å². The molecule has 1 unspecified atom stereocenters. The van der Waals surface area contributed by atoms with E-state index in [2.05, 4.69) is 19.2 Å². The Morgan fingerprint density at radius 3 is 2.43 bits per heavy atom. The predicted molar refractivity (Wildman–Crippen MR) is 82.9 cm³/mol. The highest BCUT2D eigenvalue weighted by Gasteiger charge is 2.38. The molecule has 1 amide bonds. The summed E-state index contributed by atoms with van der Waals surface area (Å²) >= 11 is 0. The zero-order chi connectivity index (χ0) is 16.2. The lowest BCUT2D eigenvalue weighted by atomic mass is 10.1. The summed E-state index contributed by atoms with van der Waals surface area (Å²) in [5, 5.41) is 2.93. The van der Waals surface area contributed by atoms with Crippen LogP contribution in [0.2, 0.25) is 0 Å². The molecule has 0 radical (unpaired) electrons. The minimum absolute atomic E-state index is 0.0147. The van der Waals surface area contributed by atoms with E-state index >= 15 is 0 Å². The molecule has 0 saturated carbocycles. The van der Waals surface area contributed by atoms with Gasteiger partial charge in [0.05, 0.1) is 6.04 Å². The van der Waals surface area contributed by atoms with Gasteiger partial charge < -0.3 is 10.1 Å². The summed E-state index contributed by atoms with van der Waals surface area (Å²) in [5.74, 6) is 0.184. The highest BCUT2D eigenvalue weighted by molar-refractivity contribution is 5.83. The SMILES string of the molecule is CC(C)CNC(=O)C(C)N1CCC[C@H]1C(=O)OC(C)(C)C. The summed E-state index contributed by atoms with van der Waals surface area (Å²) < 4.78 is 5.47. The van der Waals surface area contributed by atoms with Crippen LogP contribution in [0.3, 0.4) is 0 Å². The van der Waals surface area contributed by atoms with Crippen LogP contribution in [0.15, 0.2) is 0 Å². The summed E-state index contributed by atoms with van der Waals surface area (Å²) in [6, 6.07) is -0.604. The number of nitrogens with zero attached hydrogens (tertiary/aromatic N) is 1. The van der Waals surface area contributed by atoms with Gasteiger partial charge in [-0.2, -0.15) is 0 Å². The first-order chi connectivity index (χ1) is 9.61. The lowest BCUT2D eigenvalue weighted by Crippen LogP contribution is -2.51. The fourth-order valence-corrected chi connectivity index (χ4v) is 2.48. The van der Waals surface area contributed by atoms with Crippen LogP contribution in [0.5, 0.6) is 0 Å². The van der Waals surface area contributed by atoms with Gasteiger partial charge in [-0.3, -0.25) is 14.5 Å². The molecule has 0 aromatic rings. The number of carbonyl (C=O) groups is 2. The van der Waals surface area contributed by atoms with Crippen LogP contribution in [0.1, 0.15) is 54.4 Å². The smallest absolute Gasteiger partial charge is 0.323 e. The lowest BCUT2D eigenvalue weighted by Gasteiger charge is -2.30. The average Bonchev–Trinajstić information content (AvgIpc) is 2.81. The summed E-state index contributed by atoms with van der Waals surface area (Å²) in [6.07, 6.45) is 1.68. The third kappa shape index (κ3) is 5.65. The predicted octanol–water partition coefficient (Wildman–Crippen LogP) is 1.95. The number of hydrogen-bond donors (Lipinski definition) is 1. The molecule has 1 saturated heterocycles. The van der Waals surface area contributed by atoms with E-state index in [4.69, 9.17) is 4.74 Å². The minimum atomic E-state index is -0.492. The second-order valence-corrected chi connectivity index (χ2v) is 7.24. The van der Waals surface area contributed by atoms with Gasteiger partial charge in [0.25, 0.3) is 0 Å². The fourth-order valence-electron chi connectivity index (χ4n) is 2.48. The molecule has 5 heteroatoms. The summed E-state index contributed by atoms with van der Waals surface area (Å²) in [4.78, 5) is 26.4. The van der Waals surface area contributed by atoms with Gasteiger partial charge in [-0.15, -0.1) is 0 Å². The van der Waals surface area contributed by atoms with Crippen molar-refractivity contribution in [3.05, 3.63) is 0 Å². The molecule has 0 aliphatic carbocycles. The van der Waals surface area contributed by atoms with E-state index in [0.717, 1.165) is 19.4 Å². The van der Waals surface area contributed by atoms with Crippen LogP contribution in [0, 0.1) is 5.92 Å². The first-order valence-corrected chi connectivity index (χ1v) is 7.88. The summed E-state index contributed by atoms with van der Waals surface area (Å²) in [7, 11) is 0. The molecule has 1 aliphatic heterocycles. The van der Waals surface area contributed by atoms with E-state index < -0.39 is 5.60 Å². The molecule has 2 atom stereocenters. The number of hydrogen-bond acceptors (Lipinski definition) is 4.